The number of carbonyl (C=O) groups is 1. The highest BCUT2D eigenvalue weighted by Crippen LogP contribution is 2.53. The fourth-order valence-electron chi connectivity index (χ4n) is 3.12. The van der Waals surface area contributed by atoms with Crippen LogP contribution in [0.3, 0.4) is 0 Å². The second kappa shape index (κ2) is 3.84. The first kappa shape index (κ1) is 11.3. The first-order valence-electron chi connectivity index (χ1n) is 6.14. The van der Waals surface area contributed by atoms with Crippen molar-refractivity contribution in [1.82, 2.24) is 0 Å². The molecule has 0 aliphatic heterocycles. The molecule has 1 fully saturated rings. The molecule has 1 N–H and O–H groups in total. The van der Waals surface area contributed by atoms with Crippen LogP contribution in [0, 0.1) is 0 Å². The summed E-state index contributed by atoms with van der Waals surface area (Å²) in [6, 6.07) is 4.35. The minimum absolute atomic E-state index is 0.0516. The zero-order chi connectivity index (χ0) is 12.0. The molecule has 0 radical (unpaired) electrons. The Morgan fingerprint density at radius 2 is 2.12 bits per heavy atom. The lowest BCUT2D eigenvalue weighted by Gasteiger charge is -2.18. The van der Waals surface area contributed by atoms with Gasteiger partial charge in [-0.2, -0.15) is 0 Å². The Bertz CT molecular complexity index is 489. The van der Waals surface area contributed by atoms with E-state index in [1.807, 2.05) is 0 Å². The molecule has 2 aliphatic rings. The number of rotatable bonds is 3. The van der Waals surface area contributed by atoms with Gasteiger partial charge in [-0.15, -0.1) is 0 Å². The van der Waals surface area contributed by atoms with Crippen molar-refractivity contribution >= 4 is 21.9 Å². The van der Waals surface area contributed by atoms with Crippen molar-refractivity contribution in [2.75, 3.05) is 0 Å². The molecular weight excluding hydrogens is 280 g/mol. The predicted molar refractivity (Wildman–Crippen MR) is 69.3 cm³/mol. The molecule has 2 nitrogen and oxygen atoms in total. The quantitative estimate of drug-likeness (QED) is 0.927. The van der Waals surface area contributed by atoms with Crippen LogP contribution in [-0.4, -0.2) is 11.1 Å². The van der Waals surface area contributed by atoms with Crippen LogP contribution < -0.4 is 0 Å². The third-order valence-electron chi connectivity index (χ3n) is 4.09. The molecule has 0 aromatic heterocycles. The van der Waals surface area contributed by atoms with Gasteiger partial charge in [0.15, 0.2) is 0 Å². The van der Waals surface area contributed by atoms with Crippen molar-refractivity contribution in [2.24, 2.45) is 0 Å². The molecule has 17 heavy (non-hydrogen) atoms. The summed E-state index contributed by atoms with van der Waals surface area (Å²) in [6.07, 6.45) is 5.83. The fraction of sp³-hybridized carbons (Fsp3) is 0.500. The summed E-state index contributed by atoms with van der Waals surface area (Å²) in [6.45, 7) is 0. The molecule has 3 rings (SSSR count). The highest BCUT2D eigenvalue weighted by molar-refractivity contribution is 9.10. The maximum Gasteiger partial charge on any atom is 0.304 e. The summed E-state index contributed by atoms with van der Waals surface area (Å²) in [4.78, 5) is 11.0. The van der Waals surface area contributed by atoms with Gasteiger partial charge >= 0.3 is 5.97 Å². The van der Waals surface area contributed by atoms with Crippen LogP contribution in [0.4, 0.5) is 0 Å². The van der Waals surface area contributed by atoms with Gasteiger partial charge in [0.05, 0.1) is 6.42 Å². The molecule has 2 aliphatic carbocycles. The van der Waals surface area contributed by atoms with Gasteiger partial charge < -0.3 is 5.11 Å². The number of halogens is 1. The molecular formula is C14H15BrO2. The van der Waals surface area contributed by atoms with Gasteiger partial charge in [0, 0.05) is 9.89 Å². The smallest absolute Gasteiger partial charge is 0.304 e. The molecule has 1 aromatic rings. The molecule has 3 heteroatoms. The number of aliphatic carboxylic acids is 1. The lowest BCUT2D eigenvalue weighted by molar-refractivity contribution is -0.137. The summed E-state index contributed by atoms with van der Waals surface area (Å²) in [7, 11) is 0. The minimum atomic E-state index is -0.672. The van der Waals surface area contributed by atoms with Crippen LogP contribution in [0.1, 0.15) is 42.4 Å². The van der Waals surface area contributed by atoms with Crippen LogP contribution >= 0.6 is 15.9 Å². The zero-order valence-corrected chi connectivity index (χ0v) is 11.2. The van der Waals surface area contributed by atoms with Gasteiger partial charge in [-0.05, 0) is 60.9 Å². The maximum atomic E-state index is 11.0. The van der Waals surface area contributed by atoms with E-state index in [-0.39, 0.29) is 11.8 Å². The fourth-order valence-corrected chi connectivity index (χ4v) is 3.63. The van der Waals surface area contributed by atoms with Gasteiger partial charge in [-0.25, -0.2) is 0 Å². The van der Waals surface area contributed by atoms with E-state index in [0.717, 1.165) is 30.2 Å². The molecule has 0 saturated heterocycles. The van der Waals surface area contributed by atoms with E-state index >= 15 is 0 Å². The van der Waals surface area contributed by atoms with Crippen molar-refractivity contribution in [1.29, 1.82) is 0 Å². The second-order valence-electron chi connectivity index (χ2n) is 5.30. The number of hydrogen-bond acceptors (Lipinski definition) is 1. The van der Waals surface area contributed by atoms with E-state index in [9.17, 15) is 4.79 Å². The Balaban J connectivity index is 2.06. The summed E-state index contributed by atoms with van der Waals surface area (Å²) in [5.41, 5.74) is 4.11. The molecule has 0 unspecified atom stereocenters. The third kappa shape index (κ3) is 1.90. The van der Waals surface area contributed by atoms with Crippen molar-refractivity contribution in [3.63, 3.8) is 0 Å². The van der Waals surface area contributed by atoms with Crippen LogP contribution in [0.2, 0.25) is 0 Å². The van der Waals surface area contributed by atoms with E-state index in [1.165, 1.54) is 23.1 Å². The number of fused-ring (bicyclic) bond motifs is 1. The van der Waals surface area contributed by atoms with E-state index in [0.29, 0.717) is 0 Å². The second-order valence-corrected chi connectivity index (χ2v) is 6.21. The SMILES string of the molecule is O=C(O)CC1(c2cc(Br)cc3c2CCC3)CC1. The maximum absolute atomic E-state index is 11.0. The Kier molecular flexibility index (Phi) is 2.54. The van der Waals surface area contributed by atoms with Gasteiger partial charge in [0.25, 0.3) is 0 Å². The average Bonchev–Trinajstić information content (AvgIpc) is 2.87. The first-order valence-corrected chi connectivity index (χ1v) is 6.94. The average molecular weight is 295 g/mol. The van der Waals surface area contributed by atoms with E-state index in [1.54, 1.807) is 0 Å². The molecule has 0 heterocycles. The van der Waals surface area contributed by atoms with Crippen LogP contribution in [0.5, 0.6) is 0 Å². The van der Waals surface area contributed by atoms with Gasteiger partial charge in [0.1, 0.15) is 0 Å². The molecule has 1 saturated carbocycles. The van der Waals surface area contributed by atoms with Gasteiger partial charge in [-0.1, -0.05) is 15.9 Å². The Labute approximate surface area is 109 Å². The van der Waals surface area contributed by atoms with Crippen molar-refractivity contribution in [3.05, 3.63) is 33.3 Å². The topological polar surface area (TPSA) is 37.3 Å². The van der Waals surface area contributed by atoms with Crippen LogP contribution in [0.15, 0.2) is 16.6 Å². The van der Waals surface area contributed by atoms with E-state index in [2.05, 4.69) is 28.1 Å². The largest absolute Gasteiger partial charge is 0.481 e. The molecule has 0 bridgehead atoms. The summed E-state index contributed by atoms with van der Waals surface area (Å²) in [5, 5.41) is 9.06. The summed E-state index contributed by atoms with van der Waals surface area (Å²) < 4.78 is 1.10. The number of aryl methyl sites for hydroxylation is 1. The highest BCUT2D eigenvalue weighted by atomic mass is 79.9. The van der Waals surface area contributed by atoms with Crippen LogP contribution in [-0.2, 0) is 23.1 Å². The Morgan fingerprint density at radius 3 is 2.76 bits per heavy atom. The highest BCUT2D eigenvalue weighted by Gasteiger charge is 2.47. The van der Waals surface area contributed by atoms with E-state index in [4.69, 9.17) is 5.11 Å². The standard InChI is InChI=1S/C14H15BrO2/c15-10-6-9-2-1-3-11(9)12(7-10)14(4-5-14)8-13(16)17/h6-7H,1-5,8H2,(H,16,17). The summed E-state index contributed by atoms with van der Waals surface area (Å²) in [5.74, 6) is -0.672. The minimum Gasteiger partial charge on any atom is -0.481 e. The van der Waals surface area contributed by atoms with Crippen molar-refractivity contribution < 1.29 is 9.90 Å². The molecule has 0 spiro atoms. The van der Waals surface area contributed by atoms with Gasteiger partial charge in [0.2, 0.25) is 0 Å². The lowest BCUT2D eigenvalue weighted by Crippen LogP contribution is -2.15. The lowest BCUT2D eigenvalue weighted by atomic mass is 9.87. The first-order chi connectivity index (χ1) is 8.11. The van der Waals surface area contributed by atoms with Gasteiger partial charge in [-0.3, -0.25) is 4.79 Å². The Hall–Kier alpha value is -0.830. The number of carboxylic acids is 1. The summed E-state index contributed by atoms with van der Waals surface area (Å²) >= 11 is 3.55. The third-order valence-corrected chi connectivity index (χ3v) is 4.55. The van der Waals surface area contributed by atoms with Crippen molar-refractivity contribution in [2.45, 2.75) is 43.9 Å². The normalized spacial score (nSPS) is 20.1. The molecule has 90 valence electrons. The molecule has 1 aromatic carbocycles. The zero-order valence-electron chi connectivity index (χ0n) is 9.63. The number of benzene rings is 1. The van der Waals surface area contributed by atoms with Crippen molar-refractivity contribution in [3.8, 4) is 0 Å². The predicted octanol–water partition coefficient (Wildman–Crippen LogP) is 3.44. The number of hydrogen-bond donors (Lipinski definition) is 1. The Morgan fingerprint density at radius 1 is 1.35 bits per heavy atom. The monoisotopic (exact) mass is 294 g/mol. The molecule has 0 amide bonds. The number of carboxylic acid groups (broad SMARTS) is 1. The van der Waals surface area contributed by atoms with Crippen LogP contribution in [0.25, 0.3) is 0 Å². The molecule has 0 atom stereocenters. The van der Waals surface area contributed by atoms with E-state index < -0.39 is 5.97 Å².